The first kappa shape index (κ1) is 15.7. The van der Waals surface area contributed by atoms with Crippen molar-refractivity contribution in [3.63, 3.8) is 0 Å². The van der Waals surface area contributed by atoms with Crippen LogP contribution >= 0.6 is 11.8 Å². The number of carboxylic acids is 2. The van der Waals surface area contributed by atoms with E-state index < -0.39 is 18.0 Å². The summed E-state index contributed by atoms with van der Waals surface area (Å²) in [7, 11) is 0. The van der Waals surface area contributed by atoms with Gasteiger partial charge >= 0.3 is 11.9 Å². The molecule has 1 atom stereocenters. The highest BCUT2D eigenvalue weighted by Gasteiger charge is 2.10. The van der Waals surface area contributed by atoms with E-state index in [1.54, 1.807) is 0 Å². The van der Waals surface area contributed by atoms with Gasteiger partial charge in [-0.25, -0.2) is 0 Å². The smallest absolute Gasteiger partial charge is 0.322 e. The summed E-state index contributed by atoms with van der Waals surface area (Å²) in [6, 6.07) is -0.872. The maximum Gasteiger partial charge on any atom is 0.322 e. The predicted octanol–water partition coefficient (Wildman–Crippen LogP) is -0.887. The molecule has 0 bridgehead atoms. The number of nitrogens with two attached hydrogens (primary N) is 1. The second-order valence-electron chi connectivity index (χ2n) is 3.27. The molecule has 17 heavy (non-hydrogen) atoms. The second kappa shape index (κ2) is 8.82. The van der Waals surface area contributed by atoms with Gasteiger partial charge in [0.2, 0.25) is 5.91 Å². The van der Waals surface area contributed by atoms with Crippen molar-refractivity contribution >= 4 is 29.6 Å². The molecule has 0 aliphatic rings. The molecule has 0 fully saturated rings. The van der Waals surface area contributed by atoms with Crippen LogP contribution in [0, 0.1) is 0 Å². The fourth-order valence-electron chi connectivity index (χ4n) is 0.863. The third-order valence-corrected chi connectivity index (χ3v) is 2.82. The van der Waals surface area contributed by atoms with Gasteiger partial charge in [0.15, 0.2) is 0 Å². The Morgan fingerprint density at radius 2 is 1.88 bits per heavy atom. The minimum absolute atomic E-state index is 0.209. The lowest BCUT2D eigenvalue weighted by molar-refractivity contribution is -0.138. The van der Waals surface area contributed by atoms with Crippen LogP contribution in [0.25, 0.3) is 0 Å². The molecule has 0 radical (unpaired) electrons. The van der Waals surface area contributed by atoms with Crippen molar-refractivity contribution in [2.45, 2.75) is 18.9 Å². The van der Waals surface area contributed by atoms with Gasteiger partial charge in [-0.2, -0.15) is 11.8 Å². The van der Waals surface area contributed by atoms with Gasteiger partial charge in [0.05, 0.1) is 0 Å². The number of carbonyl (C=O) groups is 3. The summed E-state index contributed by atoms with van der Waals surface area (Å²) in [6.07, 6.45) is 0.553. The average molecular weight is 264 g/mol. The standard InChI is InChI=1S/C9H16N2O5S/c10-6(9(15)16)1-3-17-4-2-7(12)11-5-8(13)14/h6H,1-5,10H2,(H,11,12)(H,13,14)(H,15,16)/t6-/m0/s1. The minimum Gasteiger partial charge on any atom is -0.480 e. The molecule has 0 saturated heterocycles. The zero-order valence-corrected chi connectivity index (χ0v) is 10.0. The molecule has 0 aliphatic heterocycles. The summed E-state index contributed by atoms with van der Waals surface area (Å²) in [5, 5.41) is 19.0. The molecular formula is C9H16N2O5S. The Morgan fingerprint density at radius 1 is 1.24 bits per heavy atom. The number of carboxylic acid groups (broad SMARTS) is 2. The van der Waals surface area contributed by atoms with Crippen LogP contribution in [0.15, 0.2) is 0 Å². The second-order valence-corrected chi connectivity index (χ2v) is 4.49. The van der Waals surface area contributed by atoms with Gasteiger partial charge in [0, 0.05) is 12.2 Å². The molecule has 0 unspecified atom stereocenters. The molecule has 1 amide bonds. The maximum atomic E-state index is 11.0. The van der Waals surface area contributed by atoms with E-state index in [0.29, 0.717) is 17.9 Å². The van der Waals surface area contributed by atoms with Crippen molar-refractivity contribution in [2.75, 3.05) is 18.1 Å². The van der Waals surface area contributed by atoms with E-state index in [4.69, 9.17) is 15.9 Å². The number of hydrogen-bond acceptors (Lipinski definition) is 5. The van der Waals surface area contributed by atoms with Crippen molar-refractivity contribution < 1.29 is 24.6 Å². The first-order valence-corrected chi connectivity index (χ1v) is 6.13. The Balaban J connectivity index is 3.42. The van der Waals surface area contributed by atoms with E-state index in [1.165, 1.54) is 11.8 Å². The van der Waals surface area contributed by atoms with Crippen LogP contribution in [-0.2, 0) is 14.4 Å². The number of rotatable bonds is 9. The largest absolute Gasteiger partial charge is 0.480 e. The van der Waals surface area contributed by atoms with Gasteiger partial charge in [0.25, 0.3) is 0 Å². The van der Waals surface area contributed by atoms with Crippen molar-refractivity contribution in [1.82, 2.24) is 5.32 Å². The van der Waals surface area contributed by atoms with Gasteiger partial charge in [0.1, 0.15) is 12.6 Å². The molecule has 0 aliphatic carbocycles. The molecule has 0 aromatic carbocycles. The quantitative estimate of drug-likeness (QED) is 0.397. The first-order valence-electron chi connectivity index (χ1n) is 4.98. The highest BCUT2D eigenvalue weighted by atomic mass is 32.2. The van der Waals surface area contributed by atoms with E-state index >= 15 is 0 Å². The van der Waals surface area contributed by atoms with Crippen LogP contribution in [0.2, 0.25) is 0 Å². The van der Waals surface area contributed by atoms with Crippen molar-refractivity contribution in [2.24, 2.45) is 5.73 Å². The van der Waals surface area contributed by atoms with E-state index in [1.807, 2.05) is 0 Å². The molecular weight excluding hydrogens is 248 g/mol. The summed E-state index contributed by atoms with van der Waals surface area (Å²) in [6.45, 7) is -0.382. The van der Waals surface area contributed by atoms with Crippen molar-refractivity contribution in [1.29, 1.82) is 0 Å². The molecule has 0 saturated carbocycles. The third-order valence-electron chi connectivity index (χ3n) is 1.80. The van der Waals surface area contributed by atoms with Crippen LogP contribution in [0.4, 0.5) is 0 Å². The van der Waals surface area contributed by atoms with Gasteiger partial charge in [-0.3, -0.25) is 14.4 Å². The normalized spacial score (nSPS) is 11.8. The number of amides is 1. The zero-order chi connectivity index (χ0) is 13.3. The van der Waals surface area contributed by atoms with Gasteiger partial charge in [-0.05, 0) is 12.2 Å². The lowest BCUT2D eigenvalue weighted by atomic mass is 10.2. The highest BCUT2D eigenvalue weighted by Crippen LogP contribution is 2.05. The monoisotopic (exact) mass is 264 g/mol. The SMILES string of the molecule is N[C@@H](CCSCCC(=O)NCC(=O)O)C(=O)O. The van der Waals surface area contributed by atoms with E-state index in [2.05, 4.69) is 5.32 Å². The summed E-state index contributed by atoms with van der Waals surface area (Å²) >= 11 is 1.41. The maximum absolute atomic E-state index is 11.0. The molecule has 0 aromatic rings. The highest BCUT2D eigenvalue weighted by molar-refractivity contribution is 7.99. The third kappa shape index (κ3) is 9.64. The lowest BCUT2D eigenvalue weighted by Gasteiger charge is -2.05. The van der Waals surface area contributed by atoms with E-state index in [9.17, 15) is 14.4 Å². The molecule has 7 nitrogen and oxygen atoms in total. The average Bonchev–Trinajstić information content (AvgIpc) is 2.25. The Bertz CT molecular complexity index is 285. The number of hydrogen-bond donors (Lipinski definition) is 4. The Morgan fingerprint density at radius 3 is 2.41 bits per heavy atom. The summed E-state index contributed by atoms with van der Waals surface area (Å²) in [4.78, 5) is 31.5. The molecule has 0 rings (SSSR count). The van der Waals surface area contributed by atoms with Crippen LogP contribution in [-0.4, -0.2) is 52.2 Å². The van der Waals surface area contributed by atoms with E-state index in [0.717, 1.165) is 0 Å². The van der Waals surface area contributed by atoms with Crippen molar-refractivity contribution in [3.05, 3.63) is 0 Å². The Hall–Kier alpha value is -1.28. The van der Waals surface area contributed by atoms with Crippen LogP contribution in [0.5, 0.6) is 0 Å². The number of nitrogens with one attached hydrogen (secondary N) is 1. The van der Waals surface area contributed by atoms with Crippen LogP contribution < -0.4 is 11.1 Å². The number of thioether (sulfide) groups is 1. The topological polar surface area (TPSA) is 130 Å². The molecule has 5 N–H and O–H groups in total. The molecule has 0 spiro atoms. The fourth-order valence-corrected chi connectivity index (χ4v) is 1.82. The Labute approximate surface area is 103 Å². The van der Waals surface area contributed by atoms with E-state index in [-0.39, 0.29) is 18.9 Å². The minimum atomic E-state index is -1.08. The molecule has 0 heterocycles. The first-order chi connectivity index (χ1) is 7.93. The van der Waals surface area contributed by atoms with Gasteiger partial charge < -0.3 is 21.3 Å². The van der Waals surface area contributed by atoms with Crippen molar-refractivity contribution in [3.8, 4) is 0 Å². The van der Waals surface area contributed by atoms with Crippen LogP contribution in [0.3, 0.4) is 0 Å². The summed E-state index contributed by atoms with van der Waals surface area (Å²) in [5.41, 5.74) is 5.28. The zero-order valence-electron chi connectivity index (χ0n) is 9.22. The number of aliphatic carboxylic acids is 2. The molecule has 0 aromatic heterocycles. The van der Waals surface area contributed by atoms with Gasteiger partial charge in [-0.1, -0.05) is 0 Å². The molecule has 8 heteroatoms. The lowest BCUT2D eigenvalue weighted by Crippen LogP contribution is -2.30. The number of carbonyl (C=O) groups excluding carboxylic acids is 1. The summed E-state index contributed by atoms with van der Waals surface area (Å²) < 4.78 is 0. The molecule has 98 valence electrons. The predicted molar refractivity (Wildman–Crippen MR) is 62.8 cm³/mol. The van der Waals surface area contributed by atoms with Crippen LogP contribution in [0.1, 0.15) is 12.8 Å². The summed E-state index contributed by atoms with van der Waals surface area (Å²) in [5.74, 6) is -1.39. The fraction of sp³-hybridized carbons (Fsp3) is 0.667. The van der Waals surface area contributed by atoms with Gasteiger partial charge in [-0.15, -0.1) is 0 Å². The Kier molecular flexibility index (Phi) is 8.16.